The first-order valence-electron chi connectivity index (χ1n) is 8.61. The van der Waals surface area contributed by atoms with Gasteiger partial charge in [0.25, 0.3) is 5.91 Å². The van der Waals surface area contributed by atoms with Crippen LogP contribution >= 0.6 is 12.4 Å². The fourth-order valence-corrected chi connectivity index (χ4v) is 3.50. The van der Waals surface area contributed by atoms with Gasteiger partial charge >= 0.3 is 0 Å². The number of ether oxygens (including phenoxy) is 1. The number of morpholine rings is 1. The van der Waals surface area contributed by atoms with Crippen molar-refractivity contribution in [3.8, 4) is 0 Å². The summed E-state index contributed by atoms with van der Waals surface area (Å²) in [7, 11) is 0. The summed E-state index contributed by atoms with van der Waals surface area (Å²) in [6, 6.07) is 6.88. The van der Waals surface area contributed by atoms with E-state index < -0.39 is 0 Å². The molecule has 1 aromatic carbocycles. The van der Waals surface area contributed by atoms with Crippen molar-refractivity contribution in [1.82, 2.24) is 10.2 Å². The highest BCUT2D eigenvalue weighted by Crippen LogP contribution is 2.25. The van der Waals surface area contributed by atoms with Crippen LogP contribution in [-0.2, 0) is 16.0 Å². The summed E-state index contributed by atoms with van der Waals surface area (Å²) in [5.74, 6) is -0.120. The minimum absolute atomic E-state index is 0. The van der Waals surface area contributed by atoms with Gasteiger partial charge in [-0.15, -0.1) is 12.4 Å². The molecule has 1 heterocycles. The van der Waals surface area contributed by atoms with Crippen molar-refractivity contribution in [2.24, 2.45) is 0 Å². The maximum Gasteiger partial charge on any atom is 0.253 e. The second-order valence-electron chi connectivity index (χ2n) is 6.41. The molecule has 1 aromatic rings. The summed E-state index contributed by atoms with van der Waals surface area (Å²) in [6.45, 7) is 2.67. The van der Waals surface area contributed by atoms with Crippen LogP contribution in [0.3, 0.4) is 0 Å². The Kier molecular flexibility index (Phi) is 7.46. The lowest BCUT2D eigenvalue weighted by Crippen LogP contribution is -2.52. The second-order valence-corrected chi connectivity index (χ2v) is 6.41. The number of nitrogens with one attached hydrogen (secondary N) is 1. The lowest BCUT2D eigenvalue weighted by molar-refractivity contribution is -0.147. The Morgan fingerprint density at radius 2 is 1.96 bits per heavy atom. The van der Waals surface area contributed by atoms with E-state index in [2.05, 4.69) is 5.32 Å². The predicted octanol–water partition coefficient (Wildman–Crippen LogP) is 2.55. The third kappa shape index (κ3) is 4.91. The summed E-state index contributed by atoms with van der Waals surface area (Å²) in [5, 5.41) is 3.23. The highest BCUT2D eigenvalue weighted by Gasteiger charge is 2.32. The number of benzene rings is 1. The summed E-state index contributed by atoms with van der Waals surface area (Å²) in [6.07, 6.45) is 4.93. The van der Waals surface area contributed by atoms with Gasteiger partial charge in [0.2, 0.25) is 0 Å². The zero-order valence-corrected chi connectivity index (χ0v) is 14.7. The van der Waals surface area contributed by atoms with Crippen LogP contribution in [0, 0.1) is 5.82 Å². The molecule has 0 spiro atoms. The van der Waals surface area contributed by atoms with E-state index in [1.165, 1.54) is 25.0 Å². The Morgan fingerprint density at radius 1 is 1.25 bits per heavy atom. The van der Waals surface area contributed by atoms with Crippen molar-refractivity contribution in [3.05, 3.63) is 35.6 Å². The lowest BCUT2D eigenvalue weighted by Gasteiger charge is -2.34. The zero-order chi connectivity index (χ0) is 16.1. The Morgan fingerprint density at radius 3 is 2.58 bits per heavy atom. The minimum atomic E-state index is -0.363. The number of rotatable bonds is 5. The molecule has 0 radical (unpaired) electrons. The van der Waals surface area contributed by atoms with Crippen molar-refractivity contribution < 1.29 is 13.9 Å². The average molecular weight is 357 g/mol. The zero-order valence-electron chi connectivity index (χ0n) is 13.9. The van der Waals surface area contributed by atoms with Crippen LogP contribution in [0.5, 0.6) is 0 Å². The summed E-state index contributed by atoms with van der Waals surface area (Å²) in [4.78, 5) is 14.9. The molecule has 1 saturated carbocycles. The van der Waals surface area contributed by atoms with Crippen LogP contribution in [0.15, 0.2) is 24.3 Å². The van der Waals surface area contributed by atoms with Crippen LogP contribution in [0.1, 0.15) is 31.2 Å². The van der Waals surface area contributed by atoms with Crippen molar-refractivity contribution >= 4 is 18.3 Å². The number of nitrogens with zero attached hydrogens (tertiary/aromatic N) is 1. The molecule has 6 heteroatoms. The Hall–Kier alpha value is -1.17. The monoisotopic (exact) mass is 356 g/mol. The van der Waals surface area contributed by atoms with Crippen LogP contribution in [0.25, 0.3) is 0 Å². The van der Waals surface area contributed by atoms with E-state index >= 15 is 0 Å². The lowest BCUT2D eigenvalue weighted by atomic mass is 10.1. The number of carbonyl (C=O) groups excluding carboxylic acids is 1. The largest absolute Gasteiger partial charge is 0.366 e. The highest BCUT2D eigenvalue weighted by atomic mass is 35.5. The van der Waals surface area contributed by atoms with E-state index in [1.807, 2.05) is 4.90 Å². The first-order valence-corrected chi connectivity index (χ1v) is 8.61. The van der Waals surface area contributed by atoms with Crippen LogP contribution in [0.4, 0.5) is 4.39 Å². The van der Waals surface area contributed by atoms with E-state index in [9.17, 15) is 9.18 Å². The van der Waals surface area contributed by atoms with Crippen LogP contribution in [-0.4, -0.2) is 49.2 Å². The molecule has 1 saturated heterocycles. The molecular formula is C18H26ClFN2O2. The van der Waals surface area contributed by atoms with Gasteiger partial charge < -0.3 is 15.0 Å². The number of halogens is 2. The summed E-state index contributed by atoms with van der Waals surface area (Å²) >= 11 is 0. The Bertz CT molecular complexity index is 514. The molecule has 1 unspecified atom stereocenters. The molecule has 0 aromatic heterocycles. The molecule has 1 aliphatic carbocycles. The topological polar surface area (TPSA) is 41.6 Å². The number of carbonyl (C=O) groups is 1. The van der Waals surface area contributed by atoms with E-state index in [-0.39, 0.29) is 30.2 Å². The molecule has 0 bridgehead atoms. The van der Waals surface area contributed by atoms with Gasteiger partial charge in [0, 0.05) is 25.7 Å². The van der Waals surface area contributed by atoms with Gasteiger partial charge in [-0.3, -0.25) is 4.79 Å². The van der Waals surface area contributed by atoms with E-state index in [0.29, 0.717) is 25.7 Å². The van der Waals surface area contributed by atoms with Gasteiger partial charge in [-0.2, -0.15) is 0 Å². The van der Waals surface area contributed by atoms with E-state index in [4.69, 9.17) is 4.74 Å². The number of amides is 1. The summed E-state index contributed by atoms with van der Waals surface area (Å²) in [5.41, 5.74) is 1.06. The molecule has 134 valence electrons. The van der Waals surface area contributed by atoms with Gasteiger partial charge in [0.15, 0.2) is 0 Å². The molecule has 2 fully saturated rings. The molecule has 24 heavy (non-hydrogen) atoms. The molecule has 1 N–H and O–H groups in total. The fraction of sp³-hybridized carbons (Fsp3) is 0.611. The Balaban J connectivity index is 0.00000208. The maximum absolute atomic E-state index is 13.0. The van der Waals surface area contributed by atoms with Gasteiger partial charge in [0.05, 0.1) is 6.61 Å². The molecule has 1 atom stereocenters. The second kappa shape index (κ2) is 9.35. The van der Waals surface area contributed by atoms with Crippen LogP contribution in [0.2, 0.25) is 0 Å². The van der Waals surface area contributed by atoms with Gasteiger partial charge in [-0.1, -0.05) is 25.0 Å². The molecule has 3 rings (SSSR count). The average Bonchev–Trinajstić information content (AvgIpc) is 3.12. The summed E-state index contributed by atoms with van der Waals surface area (Å²) < 4.78 is 18.7. The highest BCUT2D eigenvalue weighted by molar-refractivity contribution is 5.85. The predicted molar refractivity (Wildman–Crippen MR) is 93.9 cm³/mol. The normalized spacial score (nSPS) is 21.3. The van der Waals surface area contributed by atoms with Crippen molar-refractivity contribution in [3.63, 3.8) is 0 Å². The van der Waals surface area contributed by atoms with Gasteiger partial charge in [0.1, 0.15) is 11.9 Å². The third-order valence-corrected chi connectivity index (χ3v) is 4.81. The smallest absolute Gasteiger partial charge is 0.253 e. The maximum atomic E-state index is 13.0. The Labute approximate surface area is 149 Å². The molecule has 1 amide bonds. The van der Waals surface area contributed by atoms with Crippen LogP contribution < -0.4 is 5.32 Å². The molecule has 2 aliphatic rings. The van der Waals surface area contributed by atoms with Gasteiger partial charge in [-0.25, -0.2) is 4.39 Å². The first kappa shape index (κ1) is 19.2. The molecular weight excluding hydrogens is 331 g/mol. The minimum Gasteiger partial charge on any atom is -0.366 e. The standard InChI is InChI=1S/C18H25FN2O2.ClH/c19-15-7-5-14(6-8-15)9-11-21(16-3-1-2-4-16)18(22)17-13-20-10-12-23-17;/h5-8,16-17,20H,1-4,9-13H2;1H. The van der Waals surface area contributed by atoms with Crippen molar-refractivity contribution in [2.45, 2.75) is 44.2 Å². The molecule has 1 aliphatic heterocycles. The fourth-order valence-electron chi connectivity index (χ4n) is 3.50. The van der Waals surface area contributed by atoms with Gasteiger partial charge in [-0.05, 0) is 37.0 Å². The number of hydrogen-bond acceptors (Lipinski definition) is 3. The third-order valence-electron chi connectivity index (χ3n) is 4.81. The quantitative estimate of drug-likeness (QED) is 0.881. The SMILES string of the molecule is Cl.O=C(C1CNCCO1)N(CCc1ccc(F)cc1)C1CCCC1. The van der Waals surface area contributed by atoms with E-state index in [0.717, 1.165) is 31.4 Å². The number of hydrogen-bond donors (Lipinski definition) is 1. The first-order chi connectivity index (χ1) is 11.2. The van der Waals surface area contributed by atoms with Crippen molar-refractivity contribution in [2.75, 3.05) is 26.2 Å². The molecule has 4 nitrogen and oxygen atoms in total. The van der Waals surface area contributed by atoms with Crippen molar-refractivity contribution in [1.29, 1.82) is 0 Å². The van der Waals surface area contributed by atoms with E-state index in [1.54, 1.807) is 12.1 Å².